The zero-order valence-electron chi connectivity index (χ0n) is 9.87. The van der Waals surface area contributed by atoms with Crippen molar-refractivity contribution in [1.82, 2.24) is 4.72 Å². The Morgan fingerprint density at radius 2 is 2.36 bits per heavy atom. The van der Waals surface area contributed by atoms with E-state index >= 15 is 0 Å². The summed E-state index contributed by atoms with van der Waals surface area (Å²) in [6.07, 6.45) is -2.89. The Morgan fingerprint density at radius 3 is 3.00 bits per heavy atom. The molecule has 2 atom stereocenters. The summed E-state index contributed by atoms with van der Waals surface area (Å²) in [5.41, 5.74) is 0. The van der Waals surface area contributed by atoms with E-state index in [0.29, 0.717) is 6.42 Å². The van der Waals surface area contributed by atoms with Gasteiger partial charge >= 0.3 is 10.3 Å². The Morgan fingerprint density at radius 1 is 1.64 bits per heavy atom. The van der Waals surface area contributed by atoms with E-state index < -0.39 is 29.1 Å². The van der Waals surface area contributed by atoms with Gasteiger partial charge in [-0.15, -0.1) is 0 Å². The lowest BCUT2D eigenvalue weighted by atomic mass is 9.96. The second-order valence-electron chi connectivity index (χ2n) is 2.30. The van der Waals surface area contributed by atoms with Gasteiger partial charge in [-0.1, -0.05) is 19.2 Å². The van der Waals surface area contributed by atoms with E-state index in [1.54, 1.807) is 4.72 Å². The summed E-state index contributed by atoms with van der Waals surface area (Å²) in [7, 11) is -4.64. The molecule has 1 saturated carbocycles. The monoisotopic (exact) mass is 183 g/mol. The molecule has 4 nitrogen and oxygen atoms in total. The maximum absolute atomic E-state index is 10.6. The number of rotatable bonds is 2. The highest BCUT2D eigenvalue weighted by Gasteiger charge is 2.17. The first-order chi connectivity index (χ1) is 6.58. The highest BCUT2D eigenvalue weighted by molar-refractivity contribution is 7.83. The van der Waals surface area contributed by atoms with Crippen LogP contribution < -0.4 is 4.72 Å². The van der Waals surface area contributed by atoms with Crippen molar-refractivity contribution in [2.24, 2.45) is 0 Å². The molecule has 1 aliphatic rings. The van der Waals surface area contributed by atoms with Crippen molar-refractivity contribution < 1.29 is 18.5 Å². The molecule has 2 N–H and O–H groups in total. The minimum Gasteiger partial charge on any atom is -0.273 e. The van der Waals surface area contributed by atoms with E-state index in [-0.39, 0.29) is 12.8 Å². The second-order valence-corrected chi connectivity index (χ2v) is 3.45. The normalized spacial score (nSPS) is 50.1. The quantitative estimate of drug-likeness (QED) is 0.620. The molecule has 11 heavy (non-hydrogen) atoms. The Balaban J connectivity index is 3.00. The van der Waals surface area contributed by atoms with Crippen LogP contribution in [0.25, 0.3) is 0 Å². The third kappa shape index (κ3) is 3.69. The van der Waals surface area contributed by atoms with Crippen molar-refractivity contribution in [3.8, 4) is 0 Å². The molecular weight excluding hydrogens is 166 g/mol. The van der Waals surface area contributed by atoms with Gasteiger partial charge in [-0.3, -0.25) is 4.55 Å². The molecule has 0 bridgehead atoms. The number of hydrogen-bond acceptors (Lipinski definition) is 2. The van der Waals surface area contributed by atoms with E-state index in [9.17, 15) is 8.42 Å². The predicted octanol–water partition coefficient (Wildman–Crippen LogP) is 0.711. The van der Waals surface area contributed by atoms with Gasteiger partial charge < -0.3 is 0 Å². The van der Waals surface area contributed by atoms with Crippen LogP contribution in [0.15, 0.2) is 0 Å². The minimum absolute atomic E-state index is 0.0603. The third-order valence-corrected chi connectivity index (χ3v) is 1.81. The number of nitrogens with one attached hydrogen (secondary N) is 1. The Labute approximate surface area is 72.5 Å². The molecule has 0 heterocycles. The summed E-state index contributed by atoms with van der Waals surface area (Å²) in [5.74, 6) is 0. The van der Waals surface area contributed by atoms with Crippen LogP contribution in [-0.4, -0.2) is 19.0 Å². The smallest absolute Gasteiger partial charge is 0.273 e. The molecular formula is C6H13NO3S. The standard InChI is InChI=1S/C6H13NO3S/c8-11(9,10)7-6-4-2-1-3-5-6/h6-7H,1-5H2,(H,8,9,10)/i2D,4D2,6D. The molecule has 2 unspecified atom stereocenters. The third-order valence-electron chi connectivity index (χ3n) is 1.30. The summed E-state index contributed by atoms with van der Waals surface area (Å²) >= 11 is 0. The molecule has 0 aromatic heterocycles. The van der Waals surface area contributed by atoms with Gasteiger partial charge in [0.1, 0.15) is 0 Å². The summed E-state index contributed by atoms with van der Waals surface area (Å²) in [5, 5.41) is 0. The van der Waals surface area contributed by atoms with Crippen molar-refractivity contribution in [3.63, 3.8) is 0 Å². The average Bonchev–Trinajstić information content (AvgIpc) is 1.97. The molecule has 0 saturated heterocycles. The lowest BCUT2D eigenvalue weighted by Gasteiger charge is -2.20. The van der Waals surface area contributed by atoms with Crippen LogP contribution in [0.5, 0.6) is 0 Å². The summed E-state index contributed by atoms with van der Waals surface area (Å²) < 4.78 is 61.4. The zero-order chi connectivity index (χ0) is 11.9. The van der Waals surface area contributed by atoms with Gasteiger partial charge in [0.05, 0.1) is 0 Å². The molecule has 0 aliphatic heterocycles. The fourth-order valence-corrected chi connectivity index (χ4v) is 1.36. The van der Waals surface area contributed by atoms with E-state index in [0.717, 1.165) is 0 Å². The van der Waals surface area contributed by atoms with Crippen LogP contribution in [0.2, 0.25) is 0 Å². The Bertz CT molecular complexity index is 346. The summed E-state index contributed by atoms with van der Waals surface area (Å²) in [6.45, 7) is 0. The van der Waals surface area contributed by atoms with E-state index in [2.05, 4.69) is 0 Å². The topological polar surface area (TPSA) is 66.4 Å². The van der Waals surface area contributed by atoms with Crippen LogP contribution in [-0.2, 0) is 10.3 Å². The molecule has 1 aliphatic carbocycles. The van der Waals surface area contributed by atoms with Crippen LogP contribution in [0.1, 0.15) is 37.5 Å². The Kier molecular flexibility index (Phi) is 1.53. The maximum Gasteiger partial charge on any atom is 0.333 e. The van der Waals surface area contributed by atoms with Gasteiger partial charge in [-0.25, -0.2) is 0 Å². The molecule has 5 heteroatoms. The lowest BCUT2D eigenvalue weighted by Crippen LogP contribution is -2.35. The first-order valence-electron chi connectivity index (χ1n) is 5.35. The van der Waals surface area contributed by atoms with Gasteiger partial charge in [0.25, 0.3) is 0 Å². The fraction of sp³-hybridized carbons (Fsp3) is 1.00. The first kappa shape index (κ1) is 4.79. The average molecular weight is 183 g/mol. The molecule has 0 radical (unpaired) electrons. The van der Waals surface area contributed by atoms with Crippen molar-refractivity contribution in [2.45, 2.75) is 38.1 Å². The predicted molar refractivity (Wildman–Crippen MR) is 41.6 cm³/mol. The lowest BCUT2D eigenvalue weighted by molar-refractivity contribution is 0.389. The van der Waals surface area contributed by atoms with Crippen molar-refractivity contribution in [2.75, 3.05) is 0 Å². The van der Waals surface area contributed by atoms with E-state index in [1.165, 1.54) is 0 Å². The van der Waals surface area contributed by atoms with Gasteiger partial charge in [0.15, 0.2) is 0 Å². The molecule has 1 rings (SSSR count). The highest BCUT2D eigenvalue weighted by Crippen LogP contribution is 2.17. The van der Waals surface area contributed by atoms with Crippen molar-refractivity contribution in [1.29, 1.82) is 0 Å². The van der Waals surface area contributed by atoms with Gasteiger partial charge in [-0.2, -0.15) is 13.1 Å². The van der Waals surface area contributed by atoms with Crippen LogP contribution in [0.3, 0.4) is 0 Å². The second kappa shape index (κ2) is 3.51. The van der Waals surface area contributed by atoms with Crippen molar-refractivity contribution >= 4 is 10.3 Å². The molecule has 0 spiro atoms. The largest absolute Gasteiger partial charge is 0.333 e. The van der Waals surface area contributed by atoms with Crippen LogP contribution >= 0.6 is 0 Å². The van der Waals surface area contributed by atoms with Gasteiger partial charge in [0, 0.05) is 11.5 Å². The van der Waals surface area contributed by atoms with E-state index in [4.69, 9.17) is 10.0 Å². The maximum atomic E-state index is 10.6. The minimum atomic E-state index is -4.64. The molecule has 0 aromatic carbocycles. The van der Waals surface area contributed by atoms with Gasteiger partial charge in [-0.05, 0) is 12.8 Å². The highest BCUT2D eigenvalue weighted by atomic mass is 32.2. The fourth-order valence-electron chi connectivity index (χ4n) is 0.885. The summed E-state index contributed by atoms with van der Waals surface area (Å²) in [4.78, 5) is 0. The summed E-state index contributed by atoms with van der Waals surface area (Å²) in [6, 6.07) is -2.16. The van der Waals surface area contributed by atoms with Crippen molar-refractivity contribution in [3.05, 3.63) is 0 Å². The van der Waals surface area contributed by atoms with Crippen LogP contribution in [0.4, 0.5) is 0 Å². The Hall–Kier alpha value is -0.130. The number of hydrogen-bond donors (Lipinski definition) is 2. The van der Waals surface area contributed by atoms with Gasteiger partial charge in [0.2, 0.25) is 0 Å². The molecule has 1 fully saturated rings. The zero-order valence-corrected chi connectivity index (χ0v) is 6.69. The van der Waals surface area contributed by atoms with E-state index in [1.807, 2.05) is 0 Å². The van der Waals surface area contributed by atoms with Crippen LogP contribution in [0, 0.1) is 0 Å². The molecule has 66 valence electrons. The first-order valence-corrected chi connectivity index (χ1v) is 4.71. The SMILES string of the molecule is [2H]C1CCCC([2H])(NS(=O)(=O)O)C1([2H])[2H]. The molecule has 0 aromatic rings. The molecule has 0 amide bonds.